The summed E-state index contributed by atoms with van der Waals surface area (Å²) in [6.07, 6.45) is -1.85. The smallest absolute Gasteiger partial charge is 0.416 e. The van der Waals surface area contributed by atoms with Crippen LogP contribution in [0, 0.1) is 5.92 Å². The lowest BCUT2D eigenvalue weighted by molar-refractivity contribution is -0.137. The molecule has 1 aliphatic heterocycles. The van der Waals surface area contributed by atoms with Crippen LogP contribution in [0.3, 0.4) is 0 Å². The van der Waals surface area contributed by atoms with Crippen LogP contribution < -0.4 is 20.1 Å². The summed E-state index contributed by atoms with van der Waals surface area (Å²) in [7, 11) is -4.39. The number of carbonyl (C=O) groups excluding carboxylic acids is 1. The fraction of sp³-hybridized carbons (Fsp3) is 0.367. The summed E-state index contributed by atoms with van der Waals surface area (Å²) in [5.41, 5.74) is 1.36. The number of hydrogen-bond donors (Lipinski definition) is 3. The standard InChI is InChI=1S/C30H32F3N3O4S/c31-30(32,33)23-7-4-8-24(16-23)41(38,39)36-27(22-5-2-1-3-6-22)17-29(37)35-26-13-14-40-28-15-21(11-12-25(26)28)19-34-18-20-9-10-20/h1-8,11-12,15-16,20,26-27,34,36H,9-10,13-14,17-19H2,(H,35,37)/t26-,27-/m1/s1. The van der Waals surface area contributed by atoms with Gasteiger partial charge in [-0.2, -0.15) is 13.2 Å². The Hall–Kier alpha value is -3.41. The molecular formula is C30H32F3N3O4S. The molecule has 5 rings (SSSR count). The van der Waals surface area contributed by atoms with Crippen LogP contribution in [0.5, 0.6) is 5.75 Å². The molecule has 1 amide bonds. The van der Waals surface area contributed by atoms with Crippen LogP contribution in [-0.2, 0) is 27.5 Å². The van der Waals surface area contributed by atoms with E-state index in [2.05, 4.69) is 15.4 Å². The van der Waals surface area contributed by atoms with Crippen molar-refractivity contribution in [3.63, 3.8) is 0 Å². The Morgan fingerprint density at radius 1 is 0.976 bits per heavy atom. The molecule has 11 heteroatoms. The summed E-state index contributed by atoms with van der Waals surface area (Å²) in [6, 6.07) is 16.6. The van der Waals surface area contributed by atoms with Gasteiger partial charge >= 0.3 is 6.18 Å². The normalized spacial score (nSPS) is 17.8. The predicted octanol–water partition coefficient (Wildman–Crippen LogP) is 5.25. The van der Waals surface area contributed by atoms with Crippen molar-refractivity contribution in [1.82, 2.24) is 15.4 Å². The average molecular weight is 588 g/mol. The Morgan fingerprint density at radius 3 is 2.49 bits per heavy atom. The third-order valence-electron chi connectivity index (χ3n) is 7.27. The molecule has 7 nitrogen and oxygen atoms in total. The minimum atomic E-state index is -4.70. The van der Waals surface area contributed by atoms with Gasteiger partial charge in [0.15, 0.2) is 0 Å². The van der Waals surface area contributed by atoms with E-state index in [1.165, 1.54) is 12.8 Å². The van der Waals surface area contributed by atoms with Gasteiger partial charge in [0.25, 0.3) is 0 Å². The Morgan fingerprint density at radius 2 is 1.76 bits per heavy atom. The Balaban J connectivity index is 1.29. The number of carbonyl (C=O) groups is 1. The van der Waals surface area contributed by atoms with Crippen molar-refractivity contribution in [2.75, 3.05) is 13.2 Å². The first kappa shape index (κ1) is 29.1. The van der Waals surface area contributed by atoms with Crippen LogP contribution >= 0.6 is 0 Å². The molecule has 1 fully saturated rings. The molecule has 1 aliphatic carbocycles. The zero-order valence-corrected chi connectivity index (χ0v) is 23.1. The lowest BCUT2D eigenvalue weighted by Crippen LogP contribution is -2.36. The maximum Gasteiger partial charge on any atom is 0.416 e. The molecule has 0 saturated heterocycles. The lowest BCUT2D eigenvalue weighted by atomic mass is 9.98. The van der Waals surface area contributed by atoms with Gasteiger partial charge in [0.1, 0.15) is 5.75 Å². The van der Waals surface area contributed by atoms with Crippen molar-refractivity contribution >= 4 is 15.9 Å². The maximum absolute atomic E-state index is 13.2. The number of amides is 1. The fourth-order valence-electron chi connectivity index (χ4n) is 4.88. The number of benzene rings is 3. The first-order chi connectivity index (χ1) is 19.6. The third-order valence-corrected chi connectivity index (χ3v) is 8.74. The van der Waals surface area contributed by atoms with Gasteiger partial charge in [-0.1, -0.05) is 48.5 Å². The number of rotatable bonds is 11. The van der Waals surface area contributed by atoms with Gasteiger partial charge in [-0.3, -0.25) is 4.79 Å². The molecule has 2 aliphatic rings. The Kier molecular flexibility index (Phi) is 8.67. The van der Waals surface area contributed by atoms with Crippen molar-refractivity contribution in [3.05, 3.63) is 95.1 Å². The second-order valence-electron chi connectivity index (χ2n) is 10.5. The van der Waals surface area contributed by atoms with E-state index in [1.54, 1.807) is 30.3 Å². The van der Waals surface area contributed by atoms with Gasteiger partial charge in [0.05, 0.1) is 29.1 Å². The van der Waals surface area contributed by atoms with Gasteiger partial charge in [-0.25, -0.2) is 13.1 Å². The number of fused-ring (bicyclic) bond motifs is 1. The highest BCUT2D eigenvalue weighted by atomic mass is 32.2. The average Bonchev–Trinajstić information content (AvgIpc) is 3.77. The van der Waals surface area contributed by atoms with E-state index in [4.69, 9.17) is 4.74 Å². The maximum atomic E-state index is 13.2. The lowest BCUT2D eigenvalue weighted by Gasteiger charge is -2.28. The van der Waals surface area contributed by atoms with Crippen LogP contribution in [0.25, 0.3) is 0 Å². The van der Waals surface area contributed by atoms with Crippen LogP contribution in [0.2, 0.25) is 0 Å². The van der Waals surface area contributed by atoms with E-state index < -0.39 is 38.6 Å². The first-order valence-corrected chi connectivity index (χ1v) is 15.1. The molecule has 0 bridgehead atoms. The van der Waals surface area contributed by atoms with E-state index in [-0.39, 0.29) is 12.5 Å². The highest BCUT2D eigenvalue weighted by Gasteiger charge is 2.33. The molecule has 2 atom stereocenters. The van der Waals surface area contributed by atoms with E-state index in [0.29, 0.717) is 30.4 Å². The van der Waals surface area contributed by atoms with Gasteiger partial charge in [-0.05, 0) is 60.7 Å². The van der Waals surface area contributed by atoms with Crippen LogP contribution in [0.1, 0.15) is 60.0 Å². The van der Waals surface area contributed by atoms with Gasteiger partial charge in [-0.15, -0.1) is 0 Å². The van der Waals surface area contributed by atoms with Gasteiger partial charge in [0, 0.05) is 24.9 Å². The zero-order chi connectivity index (χ0) is 29.0. The van der Waals surface area contributed by atoms with Gasteiger partial charge < -0.3 is 15.4 Å². The summed E-state index contributed by atoms with van der Waals surface area (Å²) in [6.45, 7) is 2.15. The number of hydrogen-bond acceptors (Lipinski definition) is 5. The molecule has 1 heterocycles. The monoisotopic (exact) mass is 587 g/mol. The largest absolute Gasteiger partial charge is 0.493 e. The summed E-state index contributed by atoms with van der Waals surface area (Å²) >= 11 is 0. The number of halogens is 3. The van der Waals surface area contributed by atoms with Crippen molar-refractivity contribution in [1.29, 1.82) is 0 Å². The first-order valence-electron chi connectivity index (χ1n) is 13.6. The van der Waals surface area contributed by atoms with Crippen LogP contribution in [0.4, 0.5) is 13.2 Å². The zero-order valence-electron chi connectivity index (χ0n) is 22.3. The summed E-state index contributed by atoms with van der Waals surface area (Å²) in [4.78, 5) is 12.7. The van der Waals surface area contributed by atoms with E-state index >= 15 is 0 Å². The molecule has 0 aromatic heterocycles. The summed E-state index contributed by atoms with van der Waals surface area (Å²) in [5.74, 6) is 1.08. The SMILES string of the molecule is O=C(C[C@@H](NS(=O)(=O)c1cccc(C(F)(F)F)c1)c1ccccc1)N[C@@H]1CCOc2cc(CNCC3CC3)ccc21. The molecule has 0 spiro atoms. The number of sulfonamides is 1. The third kappa shape index (κ3) is 7.66. The second kappa shape index (κ2) is 12.2. The number of alkyl halides is 3. The van der Waals surface area contributed by atoms with Crippen molar-refractivity contribution in [3.8, 4) is 5.75 Å². The molecule has 0 radical (unpaired) electrons. The predicted molar refractivity (Wildman–Crippen MR) is 147 cm³/mol. The fourth-order valence-corrected chi connectivity index (χ4v) is 6.15. The molecule has 3 N–H and O–H groups in total. The van der Waals surface area contributed by atoms with Crippen molar-refractivity contribution in [2.24, 2.45) is 5.92 Å². The Labute approximate surface area is 237 Å². The highest BCUT2D eigenvalue weighted by molar-refractivity contribution is 7.89. The quantitative estimate of drug-likeness (QED) is 0.285. The molecule has 3 aromatic rings. The molecule has 41 heavy (non-hydrogen) atoms. The summed E-state index contributed by atoms with van der Waals surface area (Å²) < 4.78 is 74.2. The molecule has 3 aromatic carbocycles. The second-order valence-corrected chi connectivity index (χ2v) is 12.2. The van der Waals surface area contributed by atoms with Crippen LogP contribution in [0.15, 0.2) is 77.7 Å². The van der Waals surface area contributed by atoms with E-state index in [1.807, 2.05) is 18.2 Å². The number of nitrogens with one attached hydrogen (secondary N) is 3. The minimum absolute atomic E-state index is 0.252. The van der Waals surface area contributed by atoms with Crippen molar-refractivity contribution in [2.45, 2.75) is 55.4 Å². The van der Waals surface area contributed by atoms with Gasteiger partial charge in [0.2, 0.25) is 15.9 Å². The highest BCUT2D eigenvalue weighted by Crippen LogP contribution is 2.34. The minimum Gasteiger partial charge on any atom is -0.493 e. The summed E-state index contributed by atoms with van der Waals surface area (Å²) in [5, 5.41) is 6.45. The molecule has 218 valence electrons. The van der Waals surface area contributed by atoms with E-state index in [0.717, 1.165) is 48.3 Å². The molecular weight excluding hydrogens is 555 g/mol. The topological polar surface area (TPSA) is 96.5 Å². The Bertz CT molecular complexity index is 1480. The number of ether oxygens (including phenoxy) is 1. The molecule has 0 unspecified atom stereocenters. The molecule has 1 saturated carbocycles. The van der Waals surface area contributed by atoms with Crippen LogP contribution in [-0.4, -0.2) is 27.5 Å². The van der Waals surface area contributed by atoms with Crippen molar-refractivity contribution < 1.29 is 31.1 Å². The van der Waals surface area contributed by atoms with E-state index in [9.17, 15) is 26.4 Å².